The highest BCUT2D eigenvalue weighted by molar-refractivity contribution is 5.16. The molecule has 0 heterocycles. The maximum Gasteiger partial charge on any atom is 0.0722 e. The summed E-state index contributed by atoms with van der Waals surface area (Å²) >= 11 is 0. The molecule has 0 aliphatic heterocycles. The van der Waals surface area contributed by atoms with Crippen LogP contribution in [-0.2, 0) is 6.42 Å². The van der Waals surface area contributed by atoms with Gasteiger partial charge in [0.1, 0.15) is 0 Å². The molecular formula is C14H21NO. The van der Waals surface area contributed by atoms with Gasteiger partial charge in [-0.25, -0.2) is 0 Å². The lowest BCUT2D eigenvalue weighted by molar-refractivity contribution is 0.0845. The second-order valence-electron chi connectivity index (χ2n) is 4.89. The van der Waals surface area contributed by atoms with Gasteiger partial charge in [0.15, 0.2) is 0 Å². The minimum Gasteiger partial charge on any atom is -0.391 e. The van der Waals surface area contributed by atoms with E-state index in [-0.39, 0.29) is 12.1 Å². The SMILES string of the molecule is NC(Cc1ccccc1)C(O)C1CCCC1. The molecule has 1 saturated carbocycles. The van der Waals surface area contributed by atoms with Crippen molar-refractivity contribution in [1.29, 1.82) is 0 Å². The molecule has 0 saturated heterocycles. The molecule has 2 nitrogen and oxygen atoms in total. The Morgan fingerprint density at radius 3 is 2.44 bits per heavy atom. The molecule has 0 bridgehead atoms. The Balaban J connectivity index is 1.89. The molecule has 0 aromatic heterocycles. The second-order valence-corrected chi connectivity index (χ2v) is 4.89. The van der Waals surface area contributed by atoms with Crippen molar-refractivity contribution in [2.45, 2.75) is 44.2 Å². The average Bonchev–Trinajstić information content (AvgIpc) is 2.83. The maximum atomic E-state index is 10.2. The normalized spacial score (nSPS) is 20.9. The first-order valence-corrected chi connectivity index (χ1v) is 6.25. The van der Waals surface area contributed by atoms with Crippen LogP contribution in [-0.4, -0.2) is 17.3 Å². The lowest BCUT2D eigenvalue weighted by Gasteiger charge is -2.24. The van der Waals surface area contributed by atoms with E-state index >= 15 is 0 Å². The summed E-state index contributed by atoms with van der Waals surface area (Å²) in [6.45, 7) is 0. The standard InChI is InChI=1S/C14H21NO/c15-13(10-11-6-2-1-3-7-11)14(16)12-8-4-5-9-12/h1-3,6-7,12-14,16H,4-5,8-10,15H2. The summed E-state index contributed by atoms with van der Waals surface area (Å²) in [6, 6.07) is 10.1. The van der Waals surface area contributed by atoms with Crippen molar-refractivity contribution in [2.75, 3.05) is 0 Å². The monoisotopic (exact) mass is 219 g/mol. The number of hydrogen-bond donors (Lipinski definition) is 2. The van der Waals surface area contributed by atoms with Gasteiger partial charge in [-0.1, -0.05) is 43.2 Å². The molecule has 1 fully saturated rings. The first-order valence-electron chi connectivity index (χ1n) is 6.25. The Labute approximate surface area is 97.5 Å². The summed E-state index contributed by atoms with van der Waals surface area (Å²) in [6.07, 6.45) is 5.23. The highest BCUT2D eigenvalue weighted by atomic mass is 16.3. The molecule has 0 spiro atoms. The van der Waals surface area contributed by atoms with Crippen LogP contribution < -0.4 is 5.73 Å². The van der Waals surface area contributed by atoms with Crippen LogP contribution in [0.2, 0.25) is 0 Å². The summed E-state index contributed by atoms with van der Waals surface area (Å²) in [4.78, 5) is 0. The lowest BCUT2D eigenvalue weighted by Crippen LogP contribution is -2.40. The fourth-order valence-electron chi connectivity index (χ4n) is 2.66. The predicted molar refractivity (Wildman–Crippen MR) is 66.1 cm³/mol. The van der Waals surface area contributed by atoms with Gasteiger partial charge in [-0.2, -0.15) is 0 Å². The largest absolute Gasteiger partial charge is 0.391 e. The molecule has 1 aliphatic rings. The van der Waals surface area contributed by atoms with E-state index in [0.29, 0.717) is 5.92 Å². The maximum absolute atomic E-state index is 10.2. The van der Waals surface area contributed by atoms with Crippen molar-refractivity contribution >= 4 is 0 Å². The van der Waals surface area contributed by atoms with Gasteiger partial charge in [-0.3, -0.25) is 0 Å². The minimum absolute atomic E-state index is 0.120. The Morgan fingerprint density at radius 2 is 1.81 bits per heavy atom. The Bertz CT molecular complexity index is 306. The van der Waals surface area contributed by atoms with E-state index in [1.54, 1.807) is 0 Å². The third kappa shape index (κ3) is 2.83. The van der Waals surface area contributed by atoms with Crippen molar-refractivity contribution < 1.29 is 5.11 Å². The lowest BCUT2D eigenvalue weighted by atomic mass is 9.91. The number of rotatable bonds is 4. The van der Waals surface area contributed by atoms with Gasteiger partial charge in [-0.15, -0.1) is 0 Å². The molecule has 0 amide bonds. The number of hydrogen-bond acceptors (Lipinski definition) is 2. The van der Waals surface area contributed by atoms with Gasteiger partial charge in [0.25, 0.3) is 0 Å². The molecular weight excluding hydrogens is 198 g/mol. The van der Waals surface area contributed by atoms with E-state index < -0.39 is 0 Å². The summed E-state index contributed by atoms with van der Waals surface area (Å²) in [5.41, 5.74) is 7.29. The smallest absolute Gasteiger partial charge is 0.0722 e. The van der Waals surface area contributed by atoms with Crippen LogP contribution >= 0.6 is 0 Å². The first kappa shape index (κ1) is 11.6. The van der Waals surface area contributed by atoms with Crippen LogP contribution in [0, 0.1) is 5.92 Å². The zero-order chi connectivity index (χ0) is 11.4. The minimum atomic E-state index is -0.331. The van der Waals surface area contributed by atoms with E-state index in [2.05, 4.69) is 12.1 Å². The molecule has 3 N–H and O–H groups in total. The molecule has 2 atom stereocenters. The highest BCUT2D eigenvalue weighted by Gasteiger charge is 2.27. The van der Waals surface area contributed by atoms with Crippen molar-refractivity contribution in [3.05, 3.63) is 35.9 Å². The van der Waals surface area contributed by atoms with Crippen LogP contribution in [0.15, 0.2) is 30.3 Å². The van der Waals surface area contributed by atoms with Crippen LogP contribution in [0.1, 0.15) is 31.2 Å². The number of benzene rings is 1. The molecule has 2 unspecified atom stereocenters. The van der Waals surface area contributed by atoms with E-state index in [9.17, 15) is 5.11 Å². The van der Waals surface area contributed by atoms with Gasteiger partial charge in [0.05, 0.1) is 6.10 Å². The highest BCUT2D eigenvalue weighted by Crippen LogP contribution is 2.29. The van der Waals surface area contributed by atoms with E-state index in [1.165, 1.54) is 18.4 Å². The fraction of sp³-hybridized carbons (Fsp3) is 0.571. The van der Waals surface area contributed by atoms with Gasteiger partial charge in [0.2, 0.25) is 0 Å². The number of nitrogens with two attached hydrogens (primary N) is 1. The van der Waals surface area contributed by atoms with Gasteiger partial charge >= 0.3 is 0 Å². The fourth-order valence-corrected chi connectivity index (χ4v) is 2.66. The van der Waals surface area contributed by atoms with Gasteiger partial charge in [-0.05, 0) is 30.7 Å². The quantitative estimate of drug-likeness (QED) is 0.814. The Morgan fingerprint density at radius 1 is 1.19 bits per heavy atom. The second kappa shape index (κ2) is 5.46. The molecule has 16 heavy (non-hydrogen) atoms. The molecule has 2 rings (SSSR count). The number of aliphatic hydroxyl groups excluding tert-OH is 1. The summed E-state index contributed by atoms with van der Waals surface area (Å²) in [5.74, 6) is 0.429. The van der Waals surface area contributed by atoms with Gasteiger partial charge < -0.3 is 10.8 Å². The summed E-state index contributed by atoms with van der Waals surface area (Å²) < 4.78 is 0. The van der Waals surface area contributed by atoms with E-state index in [0.717, 1.165) is 19.3 Å². The first-order chi connectivity index (χ1) is 7.77. The number of aliphatic hydroxyl groups is 1. The zero-order valence-corrected chi connectivity index (χ0v) is 9.68. The molecule has 1 aromatic rings. The van der Waals surface area contributed by atoms with Gasteiger partial charge in [0, 0.05) is 6.04 Å². The van der Waals surface area contributed by atoms with Crippen LogP contribution in [0.4, 0.5) is 0 Å². The van der Waals surface area contributed by atoms with Crippen molar-refractivity contribution in [1.82, 2.24) is 0 Å². The third-order valence-electron chi connectivity index (χ3n) is 3.64. The molecule has 0 radical (unpaired) electrons. The van der Waals surface area contributed by atoms with Crippen LogP contribution in [0.3, 0.4) is 0 Å². The third-order valence-corrected chi connectivity index (χ3v) is 3.64. The van der Waals surface area contributed by atoms with Crippen LogP contribution in [0.25, 0.3) is 0 Å². The van der Waals surface area contributed by atoms with Crippen molar-refractivity contribution in [3.8, 4) is 0 Å². The van der Waals surface area contributed by atoms with Crippen LogP contribution in [0.5, 0.6) is 0 Å². The average molecular weight is 219 g/mol. The molecule has 88 valence electrons. The van der Waals surface area contributed by atoms with E-state index in [4.69, 9.17) is 5.73 Å². The zero-order valence-electron chi connectivity index (χ0n) is 9.68. The molecule has 1 aromatic carbocycles. The predicted octanol–water partition coefficient (Wildman–Crippen LogP) is 2.11. The topological polar surface area (TPSA) is 46.2 Å². The Hall–Kier alpha value is -0.860. The van der Waals surface area contributed by atoms with E-state index in [1.807, 2.05) is 18.2 Å². The molecule has 2 heteroatoms. The van der Waals surface area contributed by atoms with Crippen molar-refractivity contribution in [2.24, 2.45) is 11.7 Å². The van der Waals surface area contributed by atoms with Crippen molar-refractivity contribution in [3.63, 3.8) is 0 Å². The summed E-state index contributed by atoms with van der Waals surface area (Å²) in [5, 5.41) is 10.2. The Kier molecular flexibility index (Phi) is 3.97. The summed E-state index contributed by atoms with van der Waals surface area (Å²) in [7, 11) is 0. The molecule has 1 aliphatic carbocycles.